The highest BCUT2D eigenvalue weighted by atomic mass is 19.1. The van der Waals surface area contributed by atoms with E-state index in [4.69, 9.17) is 0 Å². The highest BCUT2D eigenvalue weighted by Crippen LogP contribution is 2.37. The fraction of sp³-hybridized carbons (Fsp3) is 0.350. The number of rotatable bonds is 4. The molecule has 2 aromatic heterocycles. The Balaban J connectivity index is 1.47. The second-order valence-corrected chi connectivity index (χ2v) is 7.71. The molecule has 30 heavy (non-hydrogen) atoms. The molecule has 1 saturated carbocycles. The van der Waals surface area contributed by atoms with Crippen molar-refractivity contribution in [3.05, 3.63) is 53.9 Å². The predicted molar refractivity (Wildman–Crippen MR) is 105 cm³/mol. The topological polar surface area (TPSA) is 94.8 Å². The molecule has 1 aliphatic heterocycles. The van der Waals surface area contributed by atoms with Crippen LogP contribution in [0.5, 0.6) is 0 Å². The quantitative estimate of drug-likeness (QED) is 0.610. The number of carbonyl (C=O) groups is 1. The van der Waals surface area contributed by atoms with Gasteiger partial charge >= 0.3 is 6.03 Å². The van der Waals surface area contributed by atoms with Crippen LogP contribution in [0, 0.1) is 11.6 Å². The average molecular weight is 414 g/mol. The number of urea groups is 1. The van der Waals surface area contributed by atoms with E-state index in [1.807, 2.05) is 0 Å². The normalized spacial score (nSPS) is 21.2. The second kappa shape index (κ2) is 7.21. The summed E-state index contributed by atoms with van der Waals surface area (Å²) in [6.07, 6.45) is 4.66. The minimum Gasteiger partial charge on any atom is -0.391 e. The van der Waals surface area contributed by atoms with Crippen molar-refractivity contribution in [1.82, 2.24) is 19.9 Å². The maximum atomic E-state index is 14.4. The largest absolute Gasteiger partial charge is 0.391 e. The zero-order chi connectivity index (χ0) is 20.8. The SMILES string of the molecule is O=C(Nc1cnn2ccc(N3C[C@H](O)C[C@@H]3c3cc(F)ccc3F)nc12)NC1CC1. The zero-order valence-electron chi connectivity index (χ0n) is 15.9. The number of anilines is 2. The van der Waals surface area contributed by atoms with E-state index in [1.54, 1.807) is 17.2 Å². The smallest absolute Gasteiger partial charge is 0.319 e. The van der Waals surface area contributed by atoms with Crippen molar-refractivity contribution in [2.24, 2.45) is 0 Å². The van der Waals surface area contributed by atoms with E-state index in [2.05, 4.69) is 20.7 Å². The number of aromatic nitrogens is 3. The third kappa shape index (κ3) is 3.54. The number of aliphatic hydroxyl groups is 1. The van der Waals surface area contributed by atoms with Crippen LogP contribution >= 0.6 is 0 Å². The van der Waals surface area contributed by atoms with Crippen molar-refractivity contribution < 1.29 is 18.7 Å². The number of carbonyl (C=O) groups excluding carboxylic acids is 1. The minimum atomic E-state index is -0.706. The summed E-state index contributed by atoms with van der Waals surface area (Å²) in [5.74, 6) is -0.607. The monoisotopic (exact) mass is 414 g/mol. The van der Waals surface area contributed by atoms with Crippen molar-refractivity contribution >= 4 is 23.2 Å². The number of fused-ring (bicyclic) bond motifs is 1. The van der Waals surface area contributed by atoms with Gasteiger partial charge in [-0.25, -0.2) is 23.1 Å². The van der Waals surface area contributed by atoms with Crippen LogP contribution in [-0.4, -0.2) is 44.4 Å². The summed E-state index contributed by atoms with van der Waals surface area (Å²) < 4.78 is 29.7. The van der Waals surface area contributed by atoms with Crippen molar-refractivity contribution in [3.8, 4) is 0 Å². The fourth-order valence-electron chi connectivity index (χ4n) is 3.81. The van der Waals surface area contributed by atoms with Crippen LogP contribution in [0.4, 0.5) is 25.1 Å². The molecule has 1 aliphatic carbocycles. The number of amides is 2. The van der Waals surface area contributed by atoms with E-state index in [0.717, 1.165) is 31.0 Å². The van der Waals surface area contributed by atoms with Gasteiger partial charge < -0.3 is 20.6 Å². The van der Waals surface area contributed by atoms with Gasteiger partial charge in [0.05, 0.1) is 18.3 Å². The molecule has 1 aromatic carbocycles. The number of hydrogen-bond donors (Lipinski definition) is 3. The van der Waals surface area contributed by atoms with E-state index in [9.17, 15) is 18.7 Å². The number of benzene rings is 1. The molecule has 3 heterocycles. The van der Waals surface area contributed by atoms with E-state index < -0.39 is 23.8 Å². The van der Waals surface area contributed by atoms with Gasteiger partial charge in [0.25, 0.3) is 0 Å². The molecule has 5 rings (SSSR count). The van der Waals surface area contributed by atoms with E-state index in [-0.39, 0.29) is 30.6 Å². The van der Waals surface area contributed by atoms with Gasteiger partial charge in [-0.05, 0) is 43.5 Å². The Hall–Kier alpha value is -3.27. The van der Waals surface area contributed by atoms with Crippen LogP contribution in [0.15, 0.2) is 36.7 Å². The van der Waals surface area contributed by atoms with E-state index >= 15 is 0 Å². The molecule has 2 fully saturated rings. The molecule has 1 saturated heterocycles. The third-order valence-electron chi connectivity index (χ3n) is 5.41. The predicted octanol–water partition coefficient (Wildman–Crippen LogP) is 2.60. The lowest BCUT2D eigenvalue weighted by Crippen LogP contribution is -2.30. The van der Waals surface area contributed by atoms with Gasteiger partial charge in [0.15, 0.2) is 5.65 Å². The molecule has 3 aromatic rings. The van der Waals surface area contributed by atoms with Crippen LogP contribution in [-0.2, 0) is 0 Å². The number of nitrogens with zero attached hydrogens (tertiary/aromatic N) is 4. The average Bonchev–Trinajstić information content (AvgIpc) is 3.31. The number of nitrogens with one attached hydrogen (secondary N) is 2. The van der Waals surface area contributed by atoms with Crippen LogP contribution in [0.25, 0.3) is 5.65 Å². The second-order valence-electron chi connectivity index (χ2n) is 7.71. The molecule has 2 aliphatic rings. The molecular weight excluding hydrogens is 394 g/mol. The standard InChI is InChI=1S/C20H20F2N6O2/c21-11-1-4-15(22)14(7-11)17-8-13(29)10-27(17)18-5-6-28-19(26-18)16(9-23-28)25-20(30)24-12-2-3-12/h1,4-7,9,12-13,17,29H,2-3,8,10H2,(H2,24,25,30)/t13-,17-/m1/s1. The van der Waals surface area contributed by atoms with Crippen molar-refractivity contribution in [2.75, 3.05) is 16.8 Å². The summed E-state index contributed by atoms with van der Waals surface area (Å²) in [4.78, 5) is 18.4. The first-order chi connectivity index (χ1) is 14.5. The fourth-order valence-corrected chi connectivity index (χ4v) is 3.81. The lowest BCUT2D eigenvalue weighted by Gasteiger charge is -2.26. The van der Waals surface area contributed by atoms with E-state index in [1.165, 1.54) is 10.7 Å². The van der Waals surface area contributed by atoms with Gasteiger partial charge in [-0.2, -0.15) is 5.10 Å². The Morgan fingerprint density at radius 1 is 1.23 bits per heavy atom. The highest BCUT2D eigenvalue weighted by Gasteiger charge is 2.35. The number of halogens is 2. The Labute approximate surface area is 170 Å². The molecule has 0 spiro atoms. The molecule has 2 atom stereocenters. The molecule has 0 bridgehead atoms. The molecule has 10 heteroatoms. The molecule has 2 amide bonds. The molecule has 3 N–H and O–H groups in total. The van der Waals surface area contributed by atoms with Crippen molar-refractivity contribution in [1.29, 1.82) is 0 Å². The van der Waals surface area contributed by atoms with Gasteiger partial charge in [0, 0.05) is 24.3 Å². The lowest BCUT2D eigenvalue weighted by molar-refractivity contribution is 0.194. The van der Waals surface area contributed by atoms with E-state index in [0.29, 0.717) is 17.2 Å². The molecule has 0 unspecified atom stereocenters. The van der Waals surface area contributed by atoms with Gasteiger partial charge in [0.1, 0.15) is 23.1 Å². The lowest BCUT2D eigenvalue weighted by atomic mass is 10.0. The van der Waals surface area contributed by atoms with Crippen LogP contribution in [0.2, 0.25) is 0 Å². The Morgan fingerprint density at radius 2 is 2.07 bits per heavy atom. The maximum Gasteiger partial charge on any atom is 0.319 e. The summed E-state index contributed by atoms with van der Waals surface area (Å²) >= 11 is 0. The molecule has 156 valence electrons. The first kappa shape index (κ1) is 18.7. The zero-order valence-corrected chi connectivity index (χ0v) is 15.9. The summed E-state index contributed by atoms with van der Waals surface area (Å²) in [7, 11) is 0. The van der Waals surface area contributed by atoms with Gasteiger partial charge in [-0.1, -0.05) is 0 Å². The Bertz CT molecular complexity index is 1120. The van der Waals surface area contributed by atoms with Gasteiger partial charge in [-0.15, -0.1) is 0 Å². The minimum absolute atomic E-state index is 0.170. The summed E-state index contributed by atoms with van der Waals surface area (Å²) in [6, 6.07) is 4.31. The third-order valence-corrected chi connectivity index (χ3v) is 5.41. The first-order valence-corrected chi connectivity index (χ1v) is 9.79. The summed E-state index contributed by atoms with van der Waals surface area (Å²) in [5.41, 5.74) is 1.02. The summed E-state index contributed by atoms with van der Waals surface area (Å²) in [6.45, 7) is 0.225. The first-order valence-electron chi connectivity index (χ1n) is 9.79. The Morgan fingerprint density at radius 3 is 2.87 bits per heavy atom. The number of aliphatic hydroxyl groups excluding tert-OH is 1. The van der Waals surface area contributed by atoms with Crippen molar-refractivity contribution in [2.45, 2.75) is 37.5 Å². The molecule has 0 radical (unpaired) electrons. The maximum absolute atomic E-state index is 14.4. The Kier molecular flexibility index (Phi) is 4.50. The van der Waals surface area contributed by atoms with Gasteiger partial charge in [-0.3, -0.25) is 0 Å². The summed E-state index contributed by atoms with van der Waals surface area (Å²) in [5, 5.41) is 20.0. The van der Waals surface area contributed by atoms with Crippen LogP contribution in [0.3, 0.4) is 0 Å². The number of β-amino-alcohol motifs (C(OH)–C–C–N with tert-alkyl or cyclic N) is 1. The van der Waals surface area contributed by atoms with Gasteiger partial charge in [0.2, 0.25) is 0 Å². The van der Waals surface area contributed by atoms with Crippen LogP contribution < -0.4 is 15.5 Å². The van der Waals surface area contributed by atoms with Crippen LogP contribution in [0.1, 0.15) is 30.9 Å². The highest BCUT2D eigenvalue weighted by molar-refractivity contribution is 5.93. The number of hydrogen-bond acceptors (Lipinski definition) is 5. The van der Waals surface area contributed by atoms with Crippen molar-refractivity contribution in [3.63, 3.8) is 0 Å². The molecular formula is C20H20F2N6O2. The molecule has 8 nitrogen and oxygen atoms in total.